The first-order valence-corrected chi connectivity index (χ1v) is 7.84. The zero-order chi connectivity index (χ0) is 17.3. The van der Waals surface area contributed by atoms with Gasteiger partial charge < -0.3 is 15.1 Å². The van der Waals surface area contributed by atoms with Crippen LogP contribution in [0.3, 0.4) is 0 Å². The van der Waals surface area contributed by atoms with Crippen LogP contribution in [-0.2, 0) is 9.59 Å². The predicted molar refractivity (Wildman–Crippen MR) is 94.8 cm³/mol. The van der Waals surface area contributed by atoms with Gasteiger partial charge in [0.05, 0.1) is 6.54 Å². The molecule has 1 aromatic heterocycles. The number of furan rings is 1. The van der Waals surface area contributed by atoms with E-state index in [0.717, 1.165) is 21.9 Å². The Hall–Kier alpha value is -2.82. The van der Waals surface area contributed by atoms with E-state index in [9.17, 15) is 9.59 Å². The molecule has 2 amide bonds. The smallest absolute Gasteiger partial charge is 0.243 e. The minimum absolute atomic E-state index is 0.0553. The molecule has 2 N–H and O–H groups in total. The number of carbonyl (C=O) groups excluding carboxylic acids is 2. The molecular formula is C19H20N2O3. The second-order valence-corrected chi connectivity index (χ2v) is 6.79. The summed E-state index contributed by atoms with van der Waals surface area (Å²) < 4.78 is 5.76. The van der Waals surface area contributed by atoms with Crippen molar-refractivity contribution in [1.29, 1.82) is 0 Å². The fourth-order valence-corrected chi connectivity index (χ4v) is 2.43. The van der Waals surface area contributed by atoms with E-state index in [4.69, 9.17) is 4.42 Å². The summed E-state index contributed by atoms with van der Waals surface area (Å²) in [6.45, 7) is 5.36. The molecule has 0 unspecified atom stereocenters. The molecule has 0 radical (unpaired) electrons. The molecule has 0 spiro atoms. The van der Waals surface area contributed by atoms with Crippen LogP contribution in [0.1, 0.15) is 20.8 Å². The van der Waals surface area contributed by atoms with Crippen molar-refractivity contribution in [3.63, 3.8) is 0 Å². The third kappa shape index (κ3) is 3.25. The second kappa shape index (κ2) is 6.00. The summed E-state index contributed by atoms with van der Waals surface area (Å²) >= 11 is 0. The fraction of sp³-hybridized carbons (Fsp3) is 0.263. The van der Waals surface area contributed by atoms with Crippen LogP contribution in [0.4, 0.5) is 5.69 Å². The Morgan fingerprint density at radius 1 is 1.00 bits per heavy atom. The Labute approximate surface area is 140 Å². The van der Waals surface area contributed by atoms with E-state index in [1.54, 1.807) is 26.8 Å². The number of para-hydroxylation sites is 1. The summed E-state index contributed by atoms with van der Waals surface area (Å²) in [7, 11) is 0. The lowest BCUT2D eigenvalue weighted by molar-refractivity contribution is -0.130. The quantitative estimate of drug-likeness (QED) is 0.772. The monoisotopic (exact) mass is 324 g/mol. The molecule has 2 aromatic carbocycles. The zero-order valence-electron chi connectivity index (χ0n) is 14.0. The van der Waals surface area contributed by atoms with Crippen molar-refractivity contribution in [2.24, 2.45) is 5.41 Å². The van der Waals surface area contributed by atoms with Crippen LogP contribution in [-0.4, -0.2) is 18.4 Å². The van der Waals surface area contributed by atoms with Gasteiger partial charge in [-0.2, -0.15) is 0 Å². The predicted octanol–water partition coefficient (Wildman–Crippen LogP) is 3.69. The molecular weight excluding hydrogens is 304 g/mol. The van der Waals surface area contributed by atoms with Crippen LogP contribution >= 0.6 is 0 Å². The number of carbonyl (C=O) groups is 2. The molecule has 124 valence electrons. The summed E-state index contributed by atoms with van der Waals surface area (Å²) in [6, 6.07) is 13.3. The van der Waals surface area contributed by atoms with Gasteiger partial charge in [0.15, 0.2) is 0 Å². The average Bonchev–Trinajstić information content (AvgIpc) is 2.90. The van der Waals surface area contributed by atoms with Crippen molar-refractivity contribution in [2.45, 2.75) is 20.8 Å². The van der Waals surface area contributed by atoms with Crippen LogP contribution in [0.15, 0.2) is 46.9 Å². The average molecular weight is 324 g/mol. The van der Waals surface area contributed by atoms with Gasteiger partial charge in [-0.15, -0.1) is 0 Å². The van der Waals surface area contributed by atoms with Gasteiger partial charge in [0, 0.05) is 21.9 Å². The van der Waals surface area contributed by atoms with E-state index in [0.29, 0.717) is 5.69 Å². The Balaban J connectivity index is 1.74. The number of nitrogens with one attached hydrogen (secondary N) is 2. The maximum Gasteiger partial charge on any atom is 0.243 e. The first-order valence-electron chi connectivity index (χ1n) is 7.84. The number of hydrogen-bond donors (Lipinski definition) is 2. The molecule has 0 saturated carbocycles. The van der Waals surface area contributed by atoms with Crippen molar-refractivity contribution < 1.29 is 14.0 Å². The molecule has 3 aromatic rings. The number of fused-ring (bicyclic) bond motifs is 3. The highest BCUT2D eigenvalue weighted by atomic mass is 16.3. The number of hydrogen-bond acceptors (Lipinski definition) is 3. The standard InChI is InChI=1S/C19H20N2O3/c1-19(2,3)18(23)20-11-17(22)21-12-8-9-16-14(10-12)13-6-4-5-7-15(13)24-16/h4-10H,11H2,1-3H3,(H,20,23)(H,21,22). The molecule has 0 atom stereocenters. The van der Waals surface area contributed by atoms with Crippen LogP contribution in [0.5, 0.6) is 0 Å². The molecule has 0 saturated heterocycles. The number of rotatable bonds is 3. The van der Waals surface area contributed by atoms with E-state index in [-0.39, 0.29) is 18.4 Å². The molecule has 1 heterocycles. The first kappa shape index (κ1) is 16.1. The van der Waals surface area contributed by atoms with E-state index < -0.39 is 5.41 Å². The van der Waals surface area contributed by atoms with Gasteiger partial charge in [-0.25, -0.2) is 0 Å². The Morgan fingerprint density at radius 3 is 2.46 bits per heavy atom. The summed E-state index contributed by atoms with van der Waals surface area (Å²) in [6.07, 6.45) is 0. The van der Waals surface area contributed by atoms with Crippen molar-refractivity contribution in [3.05, 3.63) is 42.5 Å². The molecule has 0 aliphatic heterocycles. The van der Waals surface area contributed by atoms with Crippen LogP contribution in [0.2, 0.25) is 0 Å². The molecule has 0 fully saturated rings. The normalized spacial score (nSPS) is 11.6. The zero-order valence-corrected chi connectivity index (χ0v) is 14.0. The molecule has 0 aliphatic rings. The lowest BCUT2D eigenvalue weighted by Gasteiger charge is -2.17. The number of amides is 2. The van der Waals surface area contributed by atoms with Gasteiger partial charge in [-0.1, -0.05) is 39.0 Å². The van der Waals surface area contributed by atoms with Gasteiger partial charge in [0.2, 0.25) is 11.8 Å². The van der Waals surface area contributed by atoms with Crippen LogP contribution < -0.4 is 10.6 Å². The van der Waals surface area contributed by atoms with Gasteiger partial charge >= 0.3 is 0 Å². The number of benzene rings is 2. The van der Waals surface area contributed by atoms with Crippen molar-refractivity contribution in [2.75, 3.05) is 11.9 Å². The Morgan fingerprint density at radius 2 is 1.71 bits per heavy atom. The summed E-state index contributed by atoms with van der Waals surface area (Å²) in [4.78, 5) is 23.8. The molecule has 0 aliphatic carbocycles. The molecule has 24 heavy (non-hydrogen) atoms. The van der Waals surface area contributed by atoms with Gasteiger partial charge in [0.25, 0.3) is 0 Å². The lowest BCUT2D eigenvalue weighted by atomic mass is 9.96. The van der Waals surface area contributed by atoms with E-state index in [2.05, 4.69) is 10.6 Å². The Kier molecular flexibility index (Phi) is 4.01. The maximum atomic E-state index is 12.0. The minimum Gasteiger partial charge on any atom is -0.456 e. The summed E-state index contributed by atoms with van der Waals surface area (Å²) in [5.41, 5.74) is 1.74. The lowest BCUT2D eigenvalue weighted by Crippen LogP contribution is -2.39. The van der Waals surface area contributed by atoms with Crippen LogP contribution in [0.25, 0.3) is 21.9 Å². The van der Waals surface area contributed by atoms with Gasteiger partial charge in [-0.05, 0) is 24.3 Å². The summed E-state index contributed by atoms with van der Waals surface area (Å²) in [5.74, 6) is -0.423. The van der Waals surface area contributed by atoms with Crippen molar-refractivity contribution >= 4 is 39.4 Å². The van der Waals surface area contributed by atoms with Crippen molar-refractivity contribution in [3.8, 4) is 0 Å². The highest BCUT2D eigenvalue weighted by Gasteiger charge is 2.21. The molecule has 0 bridgehead atoms. The van der Waals surface area contributed by atoms with Gasteiger partial charge in [-0.3, -0.25) is 9.59 Å². The highest BCUT2D eigenvalue weighted by molar-refractivity contribution is 6.07. The Bertz CT molecular complexity index is 919. The second-order valence-electron chi connectivity index (χ2n) is 6.79. The fourth-order valence-electron chi connectivity index (χ4n) is 2.43. The van der Waals surface area contributed by atoms with Gasteiger partial charge in [0.1, 0.15) is 11.2 Å². The van der Waals surface area contributed by atoms with Crippen molar-refractivity contribution in [1.82, 2.24) is 5.32 Å². The third-order valence-electron chi connectivity index (χ3n) is 3.75. The molecule has 5 heteroatoms. The topological polar surface area (TPSA) is 71.3 Å². The van der Waals surface area contributed by atoms with E-state index >= 15 is 0 Å². The maximum absolute atomic E-state index is 12.0. The highest BCUT2D eigenvalue weighted by Crippen LogP contribution is 2.30. The first-order chi connectivity index (χ1) is 11.3. The molecule has 5 nitrogen and oxygen atoms in total. The molecule has 3 rings (SSSR count). The van der Waals surface area contributed by atoms with E-state index in [1.165, 1.54) is 0 Å². The van der Waals surface area contributed by atoms with E-state index in [1.807, 2.05) is 36.4 Å². The number of anilines is 1. The minimum atomic E-state index is -0.519. The summed E-state index contributed by atoms with van der Waals surface area (Å²) in [5, 5.41) is 7.39. The SMILES string of the molecule is CC(C)(C)C(=O)NCC(=O)Nc1ccc2oc3ccccc3c2c1. The third-order valence-corrected chi connectivity index (χ3v) is 3.75. The van der Waals surface area contributed by atoms with Crippen LogP contribution in [0, 0.1) is 5.41 Å². The largest absolute Gasteiger partial charge is 0.456 e.